The smallest absolute Gasteiger partial charge is 0.143 e. The van der Waals surface area contributed by atoms with Gasteiger partial charge in [0.05, 0.1) is 20.3 Å². The van der Waals surface area contributed by atoms with Crippen molar-refractivity contribution >= 4 is 0 Å². The average Bonchev–Trinajstić information content (AvgIpc) is 2.86. The van der Waals surface area contributed by atoms with Crippen LogP contribution in [0.15, 0.2) is 84.9 Å². The van der Waals surface area contributed by atoms with Gasteiger partial charge in [0, 0.05) is 6.61 Å². The minimum atomic E-state index is -0.877. The number of aliphatic hydroxyl groups is 1. The zero-order valence-electron chi connectivity index (χ0n) is 19.1. The number of unbranched alkanes of at least 4 members (excludes halogenated alkanes) is 2. The molecule has 4 nitrogen and oxygen atoms in total. The summed E-state index contributed by atoms with van der Waals surface area (Å²) < 4.78 is 17.7. The summed E-state index contributed by atoms with van der Waals surface area (Å²) in [6, 6.07) is 28.2. The van der Waals surface area contributed by atoms with Crippen molar-refractivity contribution < 1.29 is 19.3 Å². The van der Waals surface area contributed by atoms with Crippen molar-refractivity contribution in [3.8, 4) is 5.75 Å². The van der Waals surface area contributed by atoms with Gasteiger partial charge in [-0.1, -0.05) is 92.6 Å². The summed E-state index contributed by atoms with van der Waals surface area (Å²) in [6.45, 7) is 3.22. The molecule has 0 fully saturated rings. The molecule has 0 spiro atoms. The van der Waals surface area contributed by atoms with Crippen LogP contribution in [0.2, 0.25) is 0 Å². The predicted octanol–water partition coefficient (Wildman–Crippen LogP) is 5.57. The van der Waals surface area contributed by atoms with Crippen LogP contribution < -0.4 is 4.74 Å². The van der Waals surface area contributed by atoms with Gasteiger partial charge in [0.25, 0.3) is 0 Å². The molecule has 1 N–H and O–H groups in total. The van der Waals surface area contributed by atoms with Crippen molar-refractivity contribution in [2.75, 3.05) is 26.9 Å². The molecule has 0 heterocycles. The summed E-state index contributed by atoms with van der Waals surface area (Å²) in [6.07, 6.45) is 2.57. The second kappa shape index (κ2) is 12.4. The second-order valence-electron chi connectivity index (χ2n) is 7.89. The number of rotatable bonds is 13. The number of ether oxygens (including phenoxy) is 3. The van der Waals surface area contributed by atoms with E-state index in [2.05, 4.69) is 31.2 Å². The molecule has 0 aliphatic rings. The van der Waals surface area contributed by atoms with Crippen LogP contribution in [0.5, 0.6) is 5.75 Å². The van der Waals surface area contributed by atoms with Gasteiger partial charge in [0.2, 0.25) is 0 Å². The predicted molar refractivity (Wildman–Crippen MR) is 128 cm³/mol. The average molecular weight is 435 g/mol. The highest BCUT2D eigenvalue weighted by molar-refractivity contribution is 5.48. The summed E-state index contributed by atoms with van der Waals surface area (Å²) >= 11 is 0. The fourth-order valence-corrected chi connectivity index (χ4v) is 3.86. The fourth-order valence-electron chi connectivity index (χ4n) is 3.86. The van der Waals surface area contributed by atoms with Crippen LogP contribution in [0.4, 0.5) is 0 Å². The topological polar surface area (TPSA) is 47.9 Å². The molecular weight excluding hydrogens is 400 g/mol. The molecule has 0 saturated heterocycles. The zero-order chi connectivity index (χ0) is 22.7. The van der Waals surface area contributed by atoms with E-state index >= 15 is 0 Å². The Morgan fingerprint density at radius 2 is 1.31 bits per heavy atom. The van der Waals surface area contributed by atoms with Crippen LogP contribution in [0, 0.1) is 0 Å². The first-order chi connectivity index (χ1) is 15.7. The van der Waals surface area contributed by atoms with Crippen molar-refractivity contribution in [3.05, 3.63) is 102 Å². The summed E-state index contributed by atoms with van der Waals surface area (Å²) in [4.78, 5) is 0. The Kier molecular flexibility index (Phi) is 9.29. The standard InChI is InChI=1S/C28H34O4/c1-3-4-11-20-31-21-26(29)22-32-28(23-12-7-5-8-13-23,24-14-9-6-10-15-24)25-16-18-27(30-2)19-17-25/h5-10,12-19,26,29H,3-4,11,20-22H2,1-2H3/t26-/m0/s1. The van der Waals surface area contributed by atoms with E-state index in [1.165, 1.54) is 0 Å². The lowest BCUT2D eigenvalue weighted by molar-refractivity contribution is -0.0641. The molecule has 0 aromatic heterocycles. The lowest BCUT2D eigenvalue weighted by Crippen LogP contribution is -2.36. The minimum absolute atomic E-state index is 0.142. The van der Waals surface area contributed by atoms with Gasteiger partial charge < -0.3 is 19.3 Å². The normalized spacial score (nSPS) is 12.5. The van der Waals surface area contributed by atoms with Crippen molar-refractivity contribution in [2.24, 2.45) is 0 Å². The highest BCUT2D eigenvalue weighted by atomic mass is 16.5. The van der Waals surface area contributed by atoms with Gasteiger partial charge in [-0.2, -0.15) is 0 Å². The Labute approximate surface area is 191 Å². The first-order valence-corrected chi connectivity index (χ1v) is 11.4. The van der Waals surface area contributed by atoms with Crippen LogP contribution in [0.1, 0.15) is 42.9 Å². The fraction of sp³-hybridized carbons (Fsp3) is 0.357. The van der Waals surface area contributed by atoms with E-state index in [0.717, 1.165) is 41.7 Å². The summed E-state index contributed by atoms with van der Waals surface area (Å²) in [5, 5.41) is 10.6. The summed E-state index contributed by atoms with van der Waals surface area (Å²) in [7, 11) is 1.66. The lowest BCUT2D eigenvalue weighted by atomic mass is 9.80. The zero-order valence-corrected chi connectivity index (χ0v) is 19.1. The molecule has 0 radical (unpaired) electrons. The number of benzene rings is 3. The maximum atomic E-state index is 10.6. The third-order valence-corrected chi connectivity index (χ3v) is 5.55. The number of hydrogen-bond acceptors (Lipinski definition) is 4. The second-order valence-corrected chi connectivity index (χ2v) is 7.89. The van der Waals surface area contributed by atoms with Gasteiger partial charge in [-0.25, -0.2) is 0 Å². The lowest BCUT2D eigenvalue weighted by Gasteiger charge is -2.36. The Balaban J connectivity index is 1.92. The molecular formula is C28H34O4. The molecule has 1 atom stereocenters. The third-order valence-electron chi connectivity index (χ3n) is 5.55. The molecule has 4 heteroatoms. The molecule has 0 unspecified atom stereocenters. The maximum absolute atomic E-state index is 10.6. The number of aliphatic hydroxyl groups excluding tert-OH is 1. The van der Waals surface area contributed by atoms with Gasteiger partial charge in [0.1, 0.15) is 17.5 Å². The molecule has 3 rings (SSSR count). The molecule has 32 heavy (non-hydrogen) atoms. The number of methoxy groups -OCH3 is 1. The highest BCUT2D eigenvalue weighted by Gasteiger charge is 2.38. The quantitative estimate of drug-likeness (QED) is 0.282. The first kappa shape index (κ1) is 24.0. The van der Waals surface area contributed by atoms with Crippen LogP contribution >= 0.6 is 0 Å². The van der Waals surface area contributed by atoms with Gasteiger partial charge in [0.15, 0.2) is 0 Å². The Morgan fingerprint density at radius 1 is 0.750 bits per heavy atom. The largest absolute Gasteiger partial charge is 0.497 e. The SMILES string of the molecule is CCCCCOC[C@H](O)COC(c1ccccc1)(c1ccccc1)c1ccc(OC)cc1. The Bertz CT molecular complexity index is 854. The number of hydrogen-bond donors (Lipinski definition) is 1. The molecule has 0 amide bonds. The van der Waals surface area contributed by atoms with Crippen LogP contribution in [-0.2, 0) is 15.1 Å². The van der Waals surface area contributed by atoms with Crippen molar-refractivity contribution in [1.29, 1.82) is 0 Å². The van der Waals surface area contributed by atoms with E-state index in [9.17, 15) is 5.11 Å². The van der Waals surface area contributed by atoms with E-state index in [4.69, 9.17) is 14.2 Å². The van der Waals surface area contributed by atoms with Crippen molar-refractivity contribution in [1.82, 2.24) is 0 Å². The molecule has 0 saturated carbocycles. The van der Waals surface area contributed by atoms with Crippen LogP contribution in [0.25, 0.3) is 0 Å². The molecule has 0 bridgehead atoms. The molecule has 3 aromatic carbocycles. The Morgan fingerprint density at radius 3 is 1.84 bits per heavy atom. The minimum Gasteiger partial charge on any atom is -0.497 e. The van der Waals surface area contributed by atoms with Crippen molar-refractivity contribution in [3.63, 3.8) is 0 Å². The molecule has 3 aromatic rings. The summed E-state index contributed by atoms with van der Waals surface area (Å²) in [5.74, 6) is 0.782. The maximum Gasteiger partial charge on any atom is 0.143 e. The highest BCUT2D eigenvalue weighted by Crippen LogP contribution is 2.41. The van der Waals surface area contributed by atoms with E-state index in [1.54, 1.807) is 7.11 Å². The third kappa shape index (κ3) is 5.98. The monoisotopic (exact) mass is 434 g/mol. The van der Waals surface area contributed by atoms with E-state index in [0.29, 0.717) is 6.61 Å². The van der Waals surface area contributed by atoms with Crippen LogP contribution in [0.3, 0.4) is 0 Å². The van der Waals surface area contributed by atoms with E-state index < -0.39 is 11.7 Å². The van der Waals surface area contributed by atoms with Crippen LogP contribution in [-0.4, -0.2) is 38.1 Å². The van der Waals surface area contributed by atoms with E-state index in [-0.39, 0.29) is 13.2 Å². The Hall–Kier alpha value is -2.66. The van der Waals surface area contributed by atoms with Gasteiger partial charge in [-0.05, 0) is 35.2 Å². The van der Waals surface area contributed by atoms with Gasteiger partial charge >= 0.3 is 0 Å². The summed E-state index contributed by atoms with van der Waals surface area (Å²) in [5.41, 5.74) is 2.07. The molecule has 170 valence electrons. The molecule has 0 aliphatic heterocycles. The van der Waals surface area contributed by atoms with Gasteiger partial charge in [-0.3, -0.25) is 0 Å². The van der Waals surface area contributed by atoms with Gasteiger partial charge in [-0.15, -0.1) is 0 Å². The molecule has 0 aliphatic carbocycles. The van der Waals surface area contributed by atoms with E-state index in [1.807, 2.05) is 60.7 Å². The van der Waals surface area contributed by atoms with Crippen molar-refractivity contribution in [2.45, 2.75) is 37.9 Å². The first-order valence-electron chi connectivity index (χ1n) is 11.4.